The predicted molar refractivity (Wildman–Crippen MR) is 229 cm³/mol. The van der Waals surface area contributed by atoms with E-state index in [-0.39, 0.29) is 5.92 Å². The average Bonchev–Trinajstić information content (AvgIpc) is 3.62. The van der Waals surface area contributed by atoms with Gasteiger partial charge in [0.25, 0.3) is 0 Å². The number of nitrogens with zero attached hydrogens (tertiary/aromatic N) is 1. The van der Waals surface area contributed by atoms with E-state index >= 15 is 0 Å². The maximum absolute atomic E-state index is 6.14. The van der Waals surface area contributed by atoms with Crippen molar-refractivity contribution < 1.29 is 4.42 Å². The van der Waals surface area contributed by atoms with Gasteiger partial charge in [0.05, 0.1) is 0 Å². The second kappa shape index (κ2) is 13.7. The van der Waals surface area contributed by atoms with Gasteiger partial charge in [-0.3, -0.25) is 0 Å². The molecule has 2 nitrogen and oxygen atoms in total. The van der Waals surface area contributed by atoms with Crippen LogP contribution in [-0.2, 0) is 0 Å². The second-order valence-electron chi connectivity index (χ2n) is 14.4. The summed E-state index contributed by atoms with van der Waals surface area (Å²) in [6, 6.07) is 67.1. The Bertz CT molecular complexity index is 3030. The minimum Gasteiger partial charge on any atom is -0.436 e. The number of benzene rings is 8. The smallest absolute Gasteiger partial charge is 0.227 e. The van der Waals surface area contributed by atoms with Crippen molar-refractivity contribution in [2.24, 2.45) is 0 Å². The zero-order valence-corrected chi connectivity index (χ0v) is 30.3. The SMILES string of the molecule is C=C1CC(c2cccc(-c3ccc4ccccc4c3-c3cccc(-c4ccc5oc(-c6ccccc6)nc5c4)c3)c2)=c2ccccc2=CC1c1ccccc1. The van der Waals surface area contributed by atoms with Gasteiger partial charge in [-0.2, -0.15) is 0 Å². The topological polar surface area (TPSA) is 26.0 Å². The molecule has 9 aromatic rings. The van der Waals surface area contributed by atoms with Crippen LogP contribution < -0.4 is 10.4 Å². The Morgan fingerprint density at radius 2 is 1.20 bits per heavy atom. The van der Waals surface area contributed by atoms with E-state index in [2.05, 4.69) is 164 Å². The van der Waals surface area contributed by atoms with Crippen LogP contribution in [0.15, 0.2) is 205 Å². The third-order valence-electron chi connectivity index (χ3n) is 11.0. The fraction of sp³-hybridized carbons (Fsp3) is 0.0377. The molecule has 0 saturated heterocycles. The maximum Gasteiger partial charge on any atom is 0.227 e. The third kappa shape index (κ3) is 6.08. The van der Waals surface area contributed by atoms with Crippen molar-refractivity contribution >= 4 is 33.5 Å². The predicted octanol–water partition coefficient (Wildman–Crippen LogP) is 12.4. The van der Waals surface area contributed by atoms with Crippen LogP contribution >= 0.6 is 0 Å². The van der Waals surface area contributed by atoms with Crippen molar-refractivity contribution in [2.75, 3.05) is 0 Å². The molecule has 1 heterocycles. The van der Waals surface area contributed by atoms with Crippen LogP contribution in [0.3, 0.4) is 0 Å². The Hall–Kier alpha value is -7.03. The quantitative estimate of drug-likeness (QED) is 0.161. The number of hydrogen-bond acceptors (Lipinski definition) is 2. The largest absolute Gasteiger partial charge is 0.436 e. The van der Waals surface area contributed by atoms with Gasteiger partial charge in [-0.05, 0) is 114 Å². The molecule has 0 bridgehead atoms. The monoisotopic (exact) mass is 703 g/mol. The van der Waals surface area contributed by atoms with Gasteiger partial charge in [-0.1, -0.05) is 170 Å². The van der Waals surface area contributed by atoms with Crippen LogP contribution in [-0.4, -0.2) is 4.98 Å². The minimum absolute atomic E-state index is 0.151. The molecule has 2 heteroatoms. The first kappa shape index (κ1) is 32.6. The van der Waals surface area contributed by atoms with Gasteiger partial charge in [0.2, 0.25) is 5.89 Å². The van der Waals surface area contributed by atoms with Gasteiger partial charge in [-0.25, -0.2) is 4.98 Å². The van der Waals surface area contributed by atoms with Gasteiger partial charge in [0, 0.05) is 11.5 Å². The second-order valence-corrected chi connectivity index (χ2v) is 14.4. The molecule has 0 amide bonds. The van der Waals surface area contributed by atoms with E-state index in [0.29, 0.717) is 5.89 Å². The highest BCUT2D eigenvalue weighted by atomic mass is 16.3. The van der Waals surface area contributed by atoms with Gasteiger partial charge in [0.15, 0.2) is 5.58 Å². The number of oxazole rings is 1. The summed E-state index contributed by atoms with van der Waals surface area (Å²) >= 11 is 0. The Balaban J connectivity index is 1.09. The number of hydrogen-bond donors (Lipinski definition) is 0. The van der Waals surface area contributed by atoms with Crippen molar-refractivity contribution in [3.63, 3.8) is 0 Å². The highest BCUT2D eigenvalue weighted by molar-refractivity contribution is 6.05. The van der Waals surface area contributed by atoms with E-state index in [9.17, 15) is 0 Å². The Morgan fingerprint density at radius 3 is 2.07 bits per heavy atom. The highest BCUT2D eigenvalue weighted by Gasteiger charge is 2.20. The van der Waals surface area contributed by atoms with E-state index in [1.165, 1.54) is 65.7 Å². The Kier molecular flexibility index (Phi) is 8.15. The van der Waals surface area contributed by atoms with E-state index in [1.807, 2.05) is 36.4 Å². The molecule has 55 heavy (non-hydrogen) atoms. The van der Waals surface area contributed by atoms with E-state index in [1.54, 1.807) is 0 Å². The van der Waals surface area contributed by atoms with Crippen molar-refractivity contribution in [1.82, 2.24) is 4.98 Å². The molecule has 8 aromatic carbocycles. The standard InChI is InChI=1S/C53H37NO/c1-35-30-49(45-24-10-9-19-43(45)33-48(35)36-14-4-2-5-15-36)42-22-13-21-41(32-42)47-28-26-37-16-8-11-25-46(37)52(47)44-23-12-20-39(31-44)40-27-29-51-50(34-40)54-53(55-51)38-17-6-3-7-18-38/h2-29,31-34,48H,1,30H2. The number of rotatable bonds is 6. The zero-order chi connectivity index (χ0) is 36.7. The summed E-state index contributed by atoms with van der Waals surface area (Å²) < 4.78 is 6.14. The van der Waals surface area contributed by atoms with E-state index < -0.39 is 0 Å². The molecule has 260 valence electrons. The lowest BCUT2D eigenvalue weighted by atomic mass is 9.86. The van der Waals surface area contributed by atoms with Crippen LogP contribution in [0, 0.1) is 0 Å². The molecule has 1 aliphatic carbocycles. The summed E-state index contributed by atoms with van der Waals surface area (Å²) in [6.45, 7) is 4.66. The minimum atomic E-state index is 0.151. The molecular formula is C53H37NO. The first-order chi connectivity index (χ1) is 27.2. The molecule has 1 aliphatic rings. The normalized spacial score (nSPS) is 14.1. The molecule has 1 atom stereocenters. The molecule has 0 N–H and O–H groups in total. The van der Waals surface area contributed by atoms with Crippen LogP contribution in [0.25, 0.3) is 78.4 Å². The number of fused-ring (bicyclic) bond motifs is 3. The Morgan fingerprint density at radius 1 is 0.527 bits per heavy atom. The summed E-state index contributed by atoms with van der Waals surface area (Å²) in [5.74, 6) is 0.784. The molecule has 10 rings (SSSR count). The molecule has 0 aliphatic heterocycles. The first-order valence-corrected chi connectivity index (χ1v) is 18.9. The highest BCUT2D eigenvalue weighted by Crippen LogP contribution is 2.41. The lowest BCUT2D eigenvalue weighted by molar-refractivity contribution is 0.620. The molecular weight excluding hydrogens is 667 g/mol. The molecule has 1 aromatic heterocycles. The Labute approximate surface area is 320 Å². The van der Waals surface area contributed by atoms with E-state index in [0.717, 1.165) is 34.2 Å². The summed E-state index contributed by atoms with van der Waals surface area (Å²) in [5.41, 5.74) is 14.6. The zero-order valence-electron chi connectivity index (χ0n) is 30.3. The fourth-order valence-corrected chi connectivity index (χ4v) is 8.26. The van der Waals surface area contributed by atoms with Crippen molar-refractivity contribution in [3.8, 4) is 44.8 Å². The van der Waals surface area contributed by atoms with Gasteiger partial charge in [0.1, 0.15) is 5.52 Å². The summed E-state index contributed by atoms with van der Waals surface area (Å²) in [4.78, 5) is 4.86. The summed E-state index contributed by atoms with van der Waals surface area (Å²) in [6.07, 6.45) is 3.19. The average molecular weight is 704 g/mol. The first-order valence-electron chi connectivity index (χ1n) is 18.9. The fourth-order valence-electron chi connectivity index (χ4n) is 8.26. The van der Waals surface area contributed by atoms with Gasteiger partial charge in [-0.15, -0.1) is 0 Å². The van der Waals surface area contributed by atoms with Crippen molar-refractivity contribution in [1.29, 1.82) is 0 Å². The molecule has 0 spiro atoms. The van der Waals surface area contributed by atoms with Crippen molar-refractivity contribution in [3.05, 3.63) is 222 Å². The van der Waals surface area contributed by atoms with Crippen LogP contribution in [0.1, 0.15) is 23.5 Å². The van der Waals surface area contributed by atoms with E-state index in [4.69, 9.17) is 9.40 Å². The number of aromatic nitrogens is 1. The van der Waals surface area contributed by atoms with Crippen molar-refractivity contribution in [2.45, 2.75) is 12.3 Å². The van der Waals surface area contributed by atoms with Crippen LogP contribution in [0.4, 0.5) is 0 Å². The third-order valence-corrected chi connectivity index (χ3v) is 11.0. The van der Waals surface area contributed by atoms with Crippen LogP contribution in [0.2, 0.25) is 0 Å². The lowest BCUT2D eigenvalue weighted by Crippen LogP contribution is -2.26. The maximum atomic E-state index is 6.14. The molecule has 1 unspecified atom stereocenters. The summed E-state index contributed by atoms with van der Waals surface area (Å²) in [5, 5.41) is 4.96. The molecule has 0 saturated carbocycles. The van der Waals surface area contributed by atoms with Gasteiger partial charge < -0.3 is 4.42 Å². The molecule has 0 radical (unpaired) electrons. The molecule has 0 fully saturated rings. The lowest BCUT2D eigenvalue weighted by Gasteiger charge is -2.18. The van der Waals surface area contributed by atoms with Crippen LogP contribution in [0.5, 0.6) is 0 Å². The number of allylic oxidation sites excluding steroid dienone is 1. The van der Waals surface area contributed by atoms with Gasteiger partial charge >= 0.3 is 0 Å². The summed E-state index contributed by atoms with van der Waals surface area (Å²) in [7, 11) is 0.